The number of carbonyl (C=O) groups is 2. The van der Waals surface area contributed by atoms with Crippen LogP contribution >= 0.6 is 0 Å². The zero-order valence-electron chi connectivity index (χ0n) is 15.1. The Kier molecular flexibility index (Phi) is 5.46. The molecule has 1 aromatic heterocycles. The molecule has 7 nitrogen and oxygen atoms in total. The van der Waals surface area contributed by atoms with E-state index in [1.165, 1.54) is 0 Å². The fourth-order valence-electron chi connectivity index (χ4n) is 2.87. The SMILES string of the molecule is Cc1nn(C)c(C)c1C(C)C(=O)N(C)c1ccc(OCC(=O)O)cc1. The number of benzene rings is 1. The molecule has 0 fully saturated rings. The van der Waals surface area contributed by atoms with Gasteiger partial charge in [0.2, 0.25) is 5.91 Å². The van der Waals surface area contributed by atoms with Crippen molar-refractivity contribution in [2.75, 3.05) is 18.6 Å². The van der Waals surface area contributed by atoms with Gasteiger partial charge in [0, 0.05) is 31.0 Å². The van der Waals surface area contributed by atoms with Gasteiger partial charge in [0.1, 0.15) is 5.75 Å². The Morgan fingerprint density at radius 2 is 1.88 bits per heavy atom. The molecule has 0 radical (unpaired) electrons. The first kappa shape index (κ1) is 18.5. The summed E-state index contributed by atoms with van der Waals surface area (Å²) in [6.45, 7) is 5.33. The summed E-state index contributed by atoms with van der Waals surface area (Å²) in [5.74, 6) is -0.952. The van der Waals surface area contributed by atoms with Gasteiger partial charge >= 0.3 is 5.97 Å². The van der Waals surface area contributed by atoms with Crippen LogP contribution in [0, 0.1) is 13.8 Å². The molecule has 0 saturated carbocycles. The van der Waals surface area contributed by atoms with E-state index in [1.54, 1.807) is 40.9 Å². The molecule has 2 rings (SSSR count). The number of aryl methyl sites for hydroxylation is 2. The zero-order chi connectivity index (χ0) is 18.7. The number of anilines is 1. The van der Waals surface area contributed by atoms with E-state index in [9.17, 15) is 9.59 Å². The third kappa shape index (κ3) is 3.99. The van der Waals surface area contributed by atoms with Gasteiger partial charge in [-0.3, -0.25) is 9.48 Å². The summed E-state index contributed by atoms with van der Waals surface area (Å²) < 4.78 is 6.88. The Balaban J connectivity index is 2.15. The lowest BCUT2D eigenvalue weighted by Gasteiger charge is -2.22. The third-order valence-corrected chi connectivity index (χ3v) is 4.29. The van der Waals surface area contributed by atoms with Crippen molar-refractivity contribution >= 4 is 17.6 Å². The monoisotopic (exact) mass is 345 g/mol. The molecule has 0 aliphatic rings. The lowest BCUT2D eigenvalue weighted by molar-refractivity contribution is -0.139. The molecule has 7 heteroatoms. The first-order valence-corrected chi connectivity index (χ1v) is 7.94. The fraction of sp³-hybridized carbons (Fsp3) is 0.389. The van der Waals surface area contributed by atoms with Crippen molar-refractivity contribution in [1.29, 1.82) is 0 Å². The van der Waals surface area contributed by atoms with Crippen molar-refractivity contribution in [3.8, 4) is 5.75 Å². The number of carboxylic acids is 1. The smallest absolute Gasteiger partial charge is 0.341 e. The van der Waals surface area contributed by atoms with E-state index in [0.717, 1.165) is 17.0 Å². The Hall–Kier alpha value is -2.83. The zero-order valence-corrected chi connectivity index (χ0v) is 15.1. The molecule has 0 bridgehead atoms. The molecule has 2 aromatic rings. The highest BCUT2D eigenvalue weighted by molar-refractivity contribution is 5.97. The minimum Gasteiger partial charge on any atom is -0.482 e. The Labute approximate surface area is 146 Å². The van der Waals surface area contributed by atoms with Gasteiger partial charge in [0.05, 0.1) is 11.6 Å². The van der Waals surface area contributed by atoms with Gasteiger partial charge < -0.3 is 14.7 Å². The molecule has 1 heterocycles. The van der Waals surface area contributed by atoms with Crippen LogP contribution in [0.4, 0.5) is 5.69 Å². The average molecular weight is 345 g/mol. The topological polar surface area (TPSA) is 84.7 Å². The second-order valence-electron chi connectivity index (χ2n) is 6.00. The molecular weight excluding hydrogens is 322 g/mol. The Bertz CT molecular complexity index is 780. The Morgan fingerprint density at radius 3 is 2.36 bits per heavy atom. The van der Waals surface area contributed by atoms with Crippen LogP contribution in [0.3, 0.4) is 0 Å². The van der Waals surface area contributed by atoms with Crippen LogP contribution in [0.2, 0.25) is 0 Å². The largest absolute Gasteiger partial charge is 0.482 e. The van der Waals surface area contributed by atoms with Crippen LogP contribution < -0.4 is 9.64 Å². The number of ether oxygens (including phenoxy) is 1. The van der Waals surface area contributed by atoms with Crippen molar-refractivity contribution in [2.45, 2.75) is 26.7 Å². The van der Waals surface area contributed by atoms with Crippen LogP contribution in [0.15, 0.2) is 24.3 Å². The summed E-state index contributed by atoms with van der Waals surface area (Å²) in [5.41, 5.74) is 3.48. The van der Waals surface area contributed by atoms with Crippen molar-refractivity contribution < 1.29 is 19.4 Å². The molecule has 25 heavy (non-hydrogen) atoms. The second-order valence-corrected chi connectivity index (χ2v) is 6.00. The van der Waals surface area contributed by atoms with E-state index in [1.807, 2.05) is 27.8 Å². The normalized spacial score (nSPS) is 11.9. The molecule has 1 amide bonds. The van der Waals surface area contributed by atoms with Gasteiger partial charge in [-0.1, -0.05) is 0 Å². The average Bonchev–Trinajstić information content (AvgIpc) is 2.83. The minimum absolute atomic E-state index is 0.0431. The maximum atomic E-state index is 12.8. The molecule has 1 N–H and O–H groups in total. The Morgan fingerprint density at radius 1 is 1.28 bits per heavy atom. The highest BCUT2D eigenvalue weighted by atomic mass is 16.5. The number of likely N-dealkylation sites (N-methyl/N-ethyl adjacent to an activating group) is 1. The molecule has 0 spiro atoms. The van der Waals surface area contributed by atoms with E-state index in [-0.39, 0.29) is 11.8 Å². The van der Waals surface area contributed by atoms with Crippen LogP contribution in [0.25, 0.3) is 0 Å². The minimum atomic E-state index is -1.03. The number of aliphatic carboxylic acids is 1. The molecule has 1 aromatic carbocycles. The lowest BCUT2D eigenvalue weighted by Crippen LogP contribution is -2.30. The number of rotatable bonds is 6. The van der Waals surface area contributed by atoms with E-state index >= 15 is 0 Å². The first-order valence-electron chi connectivity index (χ1n) is 7.94. The maximum Gasteiger partial charge on any atom is 0.341 e. The first-order chi connectivity index (χ1) is 11.7. The standard InChI is InChI=1S/C18H23N3O4/c1-11(17-12(2)19-21(5)13(17)3)18(24)20(4)14-6-8-15(9-7-14)25-10-16(22)23/h6-9,11H,10H2,1-5H3,(H,22,23). The highest BCUT2D eigenvalue weighted by Crippen LogP contribution is 2.27. The maximum absolute atomic E-state index is 12.8. The fourth-order valence-corrected chi connectivity index (χ4v) is 2.87. The number of hydrogen-bond donors (Lipinski definition) is 1. The van der Waals surface area contributed by atoms with Gasteiger partial charge in [-0.25, -0.2) is 4.79 Å². The summed E-state index contributed by atoms with van der Waals surface area (Å²) in [5, 5.41) is 13.0. The molecule has 0 aliphatic heterocycles. The summed E-state index contributed by atoms with van der Waals surface area (Å²) in [6, 6.07) is 6.75. The van der Waals surface area contributed by atoms with Crippen molar-refractivity contribution in [3.05, 3.63) is 41.2 Å². The predicted octanol–water partition coefficient (Wildman–Crippen LogP) is 2.27. The molecule has 134 valence electrons. The predicted molar refractivity (Wildman–Crippen MR) is 94.1 cm³/mol. The van der Waals surface area contributed by atoms with Gasteiger partial charge in [-0.05, 0) is 45.0 Å². The second kappa shape index (κ2) is 7.38. The summed E-state index contributed by atoms with van der Waals surface area (Å²) >= 11 is 0. The van der Waals surface area contributed by atoms with Gasteiger partial charge in [-0.2, -0.15) is 5.10 Å². The number of aromatic nitrogens is 2. The van der Waals surface area contributed by atoms with Crippen LogP contribution in [-0.4, -0.2) is 40.4 Å². The number of carboxylic acid groups (broad SMARTS) is 1. The van der Waals surface area contributed by atoms with Crippen molar-refractivity contribution in [3.63, 3.8) is 0 Å². The van der Waals surface area contributed by atoms with Crippen LogP contribution in [-0.2, 0) is 16.6 Å². The molecule has 1 unspecified atom stereocenters. The van der Waals surface area contributed by atoms with E-state index in [0.29, 0.717) is 11.4 Å². The van der Waals surface area contributed by atoms with E-state index in [2.05, 4.69) is 5.10 Å². The van der Waals surface area contributed by atoms with Crippen molar-refractivity contribution in [1.82, 2.24) is 9.78 Å². The summed E-state index contributed by atoms with van der Waals surface area (Å²) in [7, 11) is 3.58. The molecule has 0 aliphatic carbocycles. The van der Waals surface area contributed by atoms with E-state index in [4.69, 9.17) is 9.84 Å². The molecule has 0 saturated heterocycles. The quantitative estimate of drug-likeness (QED) is 0.868. The number of hydrogen-bond acceptors (Lipinski definition) is 4. The van der Waals surface area contributed by atoms with Gasteiger partial charge in [0.15, 0.2) is 6.61 Å². The number of carbonyl (C=O) groups excluding carboxylic acids is 1. The third-order valence-electron chi connectivity index (χ3n) is 4.29. The van der Waals surface area contributed by atoms with Gasteiger partial charge in [0.25, 0.3) is 0 Å². The highest BCUT2D eigenvalue weighted by Gasteiger charge is 2.25. The number of nitrogens with zero attached hydrogens (tertiary/aromatic N) is 3. The summed E-state index contributed by atoms with van der Waals surface area (Å²) in [4.78, 5) is 24.9. The number of amides is 1. The summed E-state index contributed by atoms with van der Waals surface area (Å²) in [6.07, 6.45) is 0. The van der Waals surface area contributed by atoms with Crippen LogP contribution in [0.5, 0.6) is 5.75 Å². The van der Waals surface area contributed by atoms with Crippen molar-refractivity contribution in [2.24, 2.45) is 7.05 Å². The van der Waals surface area contributed by atoms with Gasteiger partial charge in [-0.15, -0.1) is 0 Å². The van der Waals surface area contributed by atoms with E-state index < -0.39 is 12.6 Å². The molecular formula is C18H23N3O4. The lowest BCUT2D eigenvalue weighted by atomic mass is 9.97. The molecule has 1 atom stereocenters. The van der Waals surface area contributed by atoms with Crippen LogP contribution in [0.1, 0.15) is 29.8 Å².